The molecule has 142 heavy (non-hydrogen) atoms. The minimum Gasteiger partial charge on any atom is -0.459 e. The molecule has 0 aromatic carbocycles. The molecule has 0 aromatic heterocycles. The van der Waals surface area contributed by atoms with Crippen LogP contribution in [0.2, 0.25) is 0 Å². The number of carbonyl (C=O) groups excluding carboxylic acids is 11. The van der Waals surface area contributed by atoms with Crippen LogP contribution in [-0.2, 0) is 100 Å². The summed E-state index contributed by atoms with van der Waals surface area (Å²) < 4.78 is 70.8. The molecule has 822 valence electrons. The minimum atomic E-state index is -1.83. The molecule has 0 radical (unpaired) electrons. The lowest BCUT2D eigenvalue weighted by molar-refractivity contribution is -0.187. The molecule has 35 heteroatoms. The first-order chi connectivity index (χ1) is 65.7. The van der Waals surface area contributed by atoms with Crippen molar-refractivity contribution in [1.82, 2.24) is 14.8 Å². The number of aliphatic hydroxyl groups is 4. The fourth-order valence-electron chi connectivity index (χ4n) is 22.2. The highest BCUT2D eigenvalue weighted by Gasteiger charge is 2.63. The maximum atomic E-state index is 13.5. The standard InChI is InChI=1S/C27H50N2O7.C26H46FNO7.C26H42N2O6.C24H40N2O7.2C2H6/c1-12-21-27(8,33)24(31)18(4)22(28-35-14-13-29(9)10)16(2)15-26(7,34-11)20(6)17(3)23(30)19(5)25(32)36-21;1-10-20-26(8,32)23(30)17(4)21(28-34-13-11-12-27)15(2)14-25(7,33-9)19(6)16(3)22(29)18(5)24(31)35-20;1-10-19-26(8)22-16(4)20(27-11-12-28(22)24(31)34-26)14(2)13-25(7,32-9)18(6)15(3)21(29)17(5)23(30)33-19;1-10-17-24(8)20(26(25)22(30)33-24)14(4)18(27)12(2)11-23(7,31-9)16(6)13(3)19(28)15(5)21(29)32-17;2*1-2/h16-21,24,31,33H,12-15H2,1-11H3;15-20,23,30,32H,10-14H2,1-9H3;14-19,22H,10-13H2,1-9H3;12-17,20H,10-11,25H2,1-9H3;2*1-2H3/t16-,17-,18+,19-,20-,21-,24-,26-,27-;15-,16-,17+,18-,19-,20-,23-,25-,26-;14-,15-,16+,17-,18-,19-,22-,25-,26-;12-,13-,14+,15-,16-,17-,20-,23-,24-;;/m1111../s1. The number of Topliss-reactive ketones (excluding diaryl/α,β-unsaturated/α-hetero) is 5. The topological polar surface area (TPSA) is 452 Å². The van der Waals surface area contributed by atoms with Gasteiger partial charge >= 0.3 is 36.1 Å². The number of cyclic esters (lactones) is 4. The van der Waals surface area contributed by atoms with Crippen molar-refractivity contribution in [3.8, 4) is 0 Å². The molecule has 6 fully saturated rings. The lowest BCUT2D eigenvalue weighted by atomic mass is 9.70. The number of aliphatic imine (C=N–C) groups is 1. The third kappa shape index (κ3) is 29.9. The number of hydrogen-bond acceptors (Lipinski definition) is 32. The summed E-state index contributed by atoms with van der Waals surface area (Å²) in [4.78, 5) is 164. The van der Waals surface area contributed by atoms with Crippen LogP contribution >= 0.6 is 0 Å². The van der Waals surface area contributed by atoms with E-state index in [0.29, 0.717) is 76.2 Å². The smallest absolute Gasteiger partial charge is 0.425 e. The van der Waals surface area contributed by atoms with Gasteiger partial charge in [-0.1, -0.05) is 176 Å². The van der Waals surface area contributed by atoms with Crippen LogP contribution in [0.25, 0.3) is 0 Å². The van der Waals surface area contributed by atoms with Gasteiger partial charge in [0.25, 0.3) is 0 Å². The number of nitrogens with two attached hydrogens (primary N) is 1. The van der Waals surface area contributed by atoms with Crippen LogP contribution in [0.3, 0.4) is 0 Å². The number of ketones is 5. The zero-order valence-electron chi connectivity index (χ0n) is 94.6. The number of halogens is 1. The predicted octanol–water partition coefficient (Wildman–Crippen LogP) is 15.5. The van der Waals surface area contributed by atoms with Crippen LogP contribution in [0, 0.1) is 118 Å². The van der Waals surface area contributed by atoms with Gasteiger partial charge in [-0.15, -0.1) is 0 Å². The summed E-state index contributed by atoms with van der Waals surface area (Å²) in [5.41, 5.74) is -6.89. The second-order valence-corrected chi connectivity index (χ2v) is 43.0. The maximum absolute atomic E-state index is 13.5. The van der Waals surface area contributed by atoms with E-state index in [2.05, 4.69) is 24.2 Å². The van der Waals surface area contributed by atoms with Gasteiger partial charge in [-0.2, -0.15) is 0 Å². The Kier molecular flexibility index (Phi) is 51.5. The van der Waals surface area contributed by atoms with E-state index >= 15 is 0 Å². The fourth-order valence-corrected chi connectivity index (χ4v) is 22.2. The number of methoxy groups -OCH3 is 4. The van der Waals surface area contributed by atoms with Gasteiger partial charge < -0.3 is 82.4 Å². The molecule has 2 amide bonds. The van der Waals surface area contributed by atoms with Crippen molar-refractivity contribution in [2.45, 2.75) is 401 Å². The zero-order valence-corrected chi connectivity index (χ0v) is 94.6. The quantitative estimate of drug-likeness (QED) is 0.0182. The number of aliphatic hydroxyl groups excluding tert-OH is 2. The lowest BCUT2D eigenvalue weighted by Crippen LogP contribution is -2.59. The Hall–Kier alpha value is -7.09. The molecule has 6 N–H and O–H groups in total. The number of rotatable bonds is 16. The van der Waals surface area contributed by atoms with E-state index in [-0.39, 0.29) is 108 Å². The summed E-state index contributed by atoms with van der Waals surface area (Å²) in [5.74, 6) is -7.44. The normalized spacial score (nSPS) is 41.3. The van der Waals surface area contributed by atoms with Crippen LogP contribution in [-0.4, -0.2) is 293 Å². The fraction of sp³-hybridized carbons (Fsp3) is 0.869. The van der Waals surface area contributed by atoms with E-state index in [1.807, 2.05) is 151 Å². The summed E-state index contributed by atoms with van der Waals surface area (Å²) in [6.45, 7) is 67.1. The first-order valence-corrected chi connectivity index (χ1v) is 52.1. The summed E-state index contributed by atoms with van der Waals surface area (Å²) in [5, 5.41) is 54.9. The van der Waals surface area contributed by atoms with Crippen molar-refractivity contribution in [2.75, 3.05) is 82.1 Å². The van der Waals surface area contributed by atoms with E-state index in [0.717, 1.165) is 10.7 Å². The number of hydrogen-bond donors (Lipinski definition) is 5. The monoisotopic (exact) mass is 2020 g/mol. The van der Waals surface area contributed by atoms with Gasteiger partial charge in [-0.05, 0) is 178 Å². The second kappa shape index (κ2) is 55.8. The molecule has 7 rings (SSSR count). The lowest BCUT2D eigenvalue weighted by Gasteiger charge is -2.43. The number of carbonyl (C=O) groups is 11. The van der Waals surface area contributed by atoms with E-state index in [1.165, 1.54) is 34.6 Å². The van der Waals surface area contributed by atoms with Crippen LogP contribution in [0.15, 0.2) is 15.3 Å². The number of nitrogens with zero attached hydrogens (tertiary/aromatic N) is 6. The molecular weight excluding hydrogens is 1830 g/mol. The number of ether oxygens (including phenoxy) is 10. The van der Waals surface area contributed by atoms with Crippen molar-refractivity contribution in [3.63, 3.8) is 0 Å². The van der Waals surface area contributed by atoms with Gasteiger partial charge in [-0.3, -0.25) is 57.4 Å². The summed E-state index contributed by atoms with van der Waals surface area (Å²) in [6, 6.07) is -1.18. The van der Waals surface area contributed by atoms with Gasteiger partial charge in [0.15, 0.2) is 11.2 Å². The second-order valence-electron chi connectivity index (χ2n) is 43.0. The Morgan fingerprint density at radius 3 is 1.02 bits per heavy atom. The number of amides is 2. The van der Waals surface area contributed by atoms with Crippen LogP contribution < -0.4 is 5.84 Å². The van der Waals surface area contributed by atoms with Crippen LogP contribution in [0.1, 0.15) is 307 Å². The third-order valence-corrected chi connectivity index (χ3v) is 33.4. The third-order valence-electron chi connectivity index (χ3n) is 33.4. The average molecular weight is 2030 g/mol. The molecule has 36 atom stereocenters. The summed E-state index contributed by atoms with van der Waals surface area (Å²) in [7, 11) is 10.3. The Balaban J connectivity index is 0.000000632. The predicted molar refractivity (Wildman–Crippen MR) is 543 cm³/mol. The Bertz CT molecular complexity index is 4210. The molecule has 0 aromatic rings. The van der Waals surface area contributed by atoms with Gasteiger partial charge in [0.05, 0.1) is 65.3 Å². The molecule has 0 unspecified atom stereocenters. The molecule has 7 aliphatic rings. The Morgan fingerprint density at radius 1 is 0.415 bits per heavy atom. The molecule has 0 spiro atoms. The molecule has 6 saturated heterocycles. The molecule has 0 aliphatic carbocycles. The number of oxime groups is 2. The van der Waals surface area contributed by atoms with Crippen LogP contribution in [0.4, 0.5) is 14.0 Å². The van der Waals surface area contributed by atoms with Crippen molar-refractivity contribution >= 4 is 82.1 Å². The number of fused-ring (bicyclic) bond motifs is 2. The molecule has 2 bridgehead atoms. The molecular formula is C107H190FN7O27. The van der Waals surface area contributed by atoms with Crippen molar-refractivity contribution in [2.24, 2.45) is 140 Å². The number of esters is 4. The van der Waals surface area contributed by atoms with Crippen molar-refractivity contribution in [1.29, 1.82) is 0 Å². The van der Waals surface area contributed by atoms with Gasteiger partial charge in [0.1, 0.15) is 107 Å². The maximum Gasteiger partial charge on any atom is 0.425 e. The van der Waals surface area contributed by atoms with Gasteiger partial charge in [0, 0.05) is 119 Å². The van der Waals surface area contributed by atoms with Crippen LogP contribution in [0.5, 0.6) is 0 Å². The number of hydrazine groups is 1. The van der Waals surface area contributed by atoms with E-state index in [9.17, 15) is 77.6 Å². The average Bonchev–Trinajstić information content (AvgIpc) is 1.58. The molecule has 34 nitrogen and oxygen atoms in total. The highest BCUT2D eigenvalue weighted by molar-refractivity contribution is 6.02. The first-order valence-electron chi connectivity index (χ1n) is 52.1. The Labute approximate surface area is 849 Å². The molecule has 7 aliphatic heterocycles. The van der Waals surface area contributed by atoms with Gasteiger partial charge in [-0.25, -0.2) is 20.4 Å². The number of alkyl halides is 1. The van der Waals surface area contributed by atoms with E-state index in [1.54, 1.807) is 103 Å². The van der Waals surface area contributed by atoms with Gasteiger partial charge in [0.2, 0.25) is 0 Å². The SMILES string of the molecule is CC.CC.CC[C@H]1OC(=O)[C@H](C)C(=O)[C@H](C)[C@@H](C)[C@](C)(OC)C[C@@H](C)C(=NOCCCF)[C@H](C)[C@@H](O)[C@]1(C)O.CC[C@H]1OC(=O)[C@H](C)C(=O)[C@H](C)[C@@H](C)[C@](C)(OC)C[C@@H](C)C(=NOCCN(C)C)[C@H](C)[C@@H](O)[C@]1(C)O.CC[C@H]1OC(=O)[C@H](C)C(=O)[C@H](C)[C@@H](C)[C@](C)(OC)C[C@@H](C)C(=O)[C@H](C)[C@H]2N(N)C(=O)O[C@]12C.CC[C@H]1OC(=O)[C@H](C)C(=O)[C@H](C)[C@@H](C)[C@](C)(OC)C[C@@H](C)C2=NCCN3C(=O)O[C@@]1(C)[C@H]3[C@H]2C. The summed E-state index contributed by atoms with van der Waals surface area (Å²) >= 11 is 0. The zero-order chi connectivity index (χ0) is 110. The van der Waals surface area contributed by atoms with Crippen molar-refractivity contribution < 1.29 is 135 Å². The minimum absolute atomic E-state index is 0.0626. The van der Waals surface area contributed by atoms with E-state index < -0.39 is 201 Å². The first kappa shape index (κ1) is 131. The Morgan fingerprint density at radius 2 is 0.711 bits per heavy atom. The summed E-state index contributed by atoms with van der Waals surface area (Å²) in [6.07, 6.45) is -4.09. The van der Waals surface area contributed by atoms with E-state index in [4.69, 9.17) is 67.9 Å². The largest absolute Gasteiger partial charge is 0.459 e. The highest BCUT2D eigenvalue weighted by atomic mass is 19.1. The molecule has 0 saturated carbocycles. The van der Waals surface area contributed by atoms with Crippen molar-refractivity contribution in [3.05, 3.63) is 0 Å². The number of likely N-dealkylation sites (N-methyl/N-ethyl adjacent to an activating group) is 1. The molecule has 7 heterocycles. The highest BCUT2D eigenvalue weighted by Crippen LogP contribution is 2.48.